The quantitative estimate of drug-likeness (QED) is 0.168. The number of hydrogen-bond donors (Lipinski definition) is 0. The van der Waals surface area contributed by atoms with Gasteiger partial charge in [-0.25, -0.2) is 9.97 Å². The van der Waals surface area contributed by atoms with Gasteiger partial charge in [0.05, 0.1) is 43.5 Å². The van der Waals surface area contributed by atoms with Gasteiger partial charge in [-0.2, -0.15) is 0 Å². The minimum absolute atomic E-state index is 0.665. The molecule has 59 heavy (non-hydrogen) atoms. The summed E-state index contributed by atoms with van der Waals surface area (Å²) in [4.78, 5) is 11.3. The molecule has 14 aromatic rings. The number of benzene rings is 9. The van der Waals surface area contributed by atoms with E-state index >= 15 is 0 Å². The molecular weight excluding hydrogens is 737 g/mol. The third kappa shape index (κ3) is 4.16. The summed E-state index contributed by atoms with van der Waals surface area (Å²) < 4.78 is 7.42. The highest BCUT2D eigenvalue weighted by Crippen LogP contribution is 2.49. The summed E-state index contributed by atoms with van der Waals surface area (Å²) in [5, 5.41) is 13.2. The van der Waals surface area contributed by atoms with Gasteiger partial charge in [-0.3, -0.25) is 4.57 Å². The molecule has 0 amide bonds. The van der Waals surface area contributed by atoms with Gasteiger partial charge in [0, 0.05) is 58.7 Å². The van der Waals surface area contributed by atoms with E-state index in [1.807, 2.05) is 11.3 Å². The fraction of sp³-hybridized carbons (Fsp3) is 0. The van der Waals surface area contributed by atoms with Crippen LogP contribution in [0.3, 0.4) is 0 Å². The first-order valence-electron chi connectivity index (χ1n) is 20.1. The standard InChI is InChI=1S/C54H30N4S/c1-2-13-31(14-3-1)33-16-10-17-34(29-33)49-41-28-27-32-15-4-5-18-35(32)50(41)56-54(55-49)58-44-25-12-21-38-40-23-11-22-39-36-19-6-8-24-43(36)57(51(39)40)45-30-42-37-20-7-9-26-46(37)59-53(42)52(58)48(45)47(38)44/h1-30H. The van der Waals surface area contributed by atoms with E-state index in [0.717, 1.165) is 49.5 Å². The molecule has 0 saturated carbocycles. The van der Waals surface area contributed by atoms with Crippen LogP contribution in [0.2, 0.25) is 0 Å². The average Bonchev–Trinajstić information content (AvgIpc) is 3.94. The third-order valence-electron chi connectivity index (χ3n) is 12.6. The molecule has 0 aliphatic rings. The molecule has 14 rings (SSSR count). The first-order valence-corrected chi connectivity index (χ1v) is 20.9. The smallest absolute Gasteiger partial charge is 0.235 e. The molecule has 5 aromatic heterocycles. The topological polar surface area (TPSA) is 35.1 Å². The largest absolute Gasteiger partial charge is 0.308 e. The minimum atomic E-state index is 0.665. The van der Waals surface area contributed by atoms with Crippen LogP contribution >= 0.6 is 11.3 Å². The van der Waals surface area contributed by atoms with Crippen LogP contribution in [0.5, 0.6) is 0 Å². The molecule has 0 spiro atoms. The third-order valence-corrected chi connectivity index (χ3v) is 13.8. The lowest BCUT2D eigenvalue weighted by Crippen LogP contribution is -2.04. The van der Waals surface area contributed by atoms with Gasteiger partial charge < -0.3 is 4.40 Å². The number of aromatic nitrogens is 4. The summed E-state index contributed by atoms with van der Waals surface area (Å²) in [5.41, 5.74) is 11.1. The van der Waals surface area contributed by atoms with Gasteiger partial charge in [-0.15, -0.1) is 11.3 Å². The van der Waals surface area contributed by atoms with E-state index in [9.17, 15) is 0 Å². The normalized spacial score (nSPS) is 12.4. The van der Waals surface area contributed by atoms with Crippen molar-refractivity contribution >= 4 is 113 Å². The predicted octanol–water partition coefficient (Wildman–Crippen LogP) is 14.7. The Kier molecular flexibility index (Phi) is 6.14. The molecule has 0 saturated heterocycles. The summed E-state index contributed by atoms with van der Waals surface area (Å²) >= 11 is 1.86. The fourth-order valence-corrected chi connectivity index (χ4v) is 11.4. The number of nitrogens with zero attached hydrogens (tertiary/aromatic N) is 4. The van der Waals surface area contributed by atoms with Crippen LogP contribution in [0, 0.1) is 0 Å². The highest BCUT2D eigenvalue weighted by molar-refractivity contribution is 7.26. The summed E-state index contributed by atoms with van der Waals surface area (Å²) in [6.07, 6.45) is 0. The Morgan fingerprint density at radius 3 is 1.98 bits per heavy atom. The monoisotopic (exact) mass is 766 g/mol. The van der Waals surface area contributed by atoms with Crippen LogP contribution in [-0.2, 0) is 0 Å². The van der Waals surface area contributed by atoms with Gasteiger partial charge in [0.1, 0.15) is 0 Å². The SMILES string of the molecule is c1ccc(-c2cccc(-c3nc(-n4c5cccc6c7cccc8c9ccccc9n(c9cc%10c%11ccccc%11sc%10c4c9c65)c78)nc4c3ccc3ccccc34)c2)cc1. The van der Waals surface area contributed by atoms with Crippen molar-refractivity contribution in [3.63, 3.8) is 0 Å². The molecule has 0 bridgehead atoms. The van der Waals surface area contributed by atoms with Crippen molar-refractivity contribution < 1.29 is 0 Å². The van der Waals surface area contributed by atoms with Crippen LogP contribution in [0.15, 0.2) is 182 Å². The molecular formula is C54H30N4S. The van der Waals surface area contributed by atoms with Gasteiger partial charge >= 0.3 is 0 Å². The maximum atomic E-state index is 5.69. The maximum absolute atomic E-state index is 5.69. The van der Waals surface area contributed by atoms with E-state index in [1.165, 1.54) is 74.6 Å². The second-order valence-corrected chi connectivity index (χ2v) is 16.7. The molecule has 0 unspecified atom stereocenters. The molecule has 4 nitrogen and oxygen atoms in total. The molecule has 0 N–H and O–H groups in total. The zero-order chi connectivity index (χ0) is 38.3. The molecule has 0 aliphatic heterocycles. The Hall–Kier alpha value is -7.60. The zero-order valence-electron chi connectivity index (χ0n) is 31.5. The van der Waals surface area contributed by atoms with Crippen LogP contribution in [0.1, 0.15) is 0 Å². The Morgan fingerprint density at radius 1 is 0.390 bits per heavy atom. The average molecular weight is 767 g/mol. The van der Waals surface area contributed by atoms with Crippen LogP contribution in [0.25, 0.3) is 130 Å². The van der Waals surface area contributed by atoms with E-state index in [0.29, 0.717) is 5.95 Å². The van der Waals surface area contributed by atoms with Gasteiger partial charge in [0.25, 0.3) is 0 Å². The van der Waals surface area contributed by atoms with Gasteiger partial charge in [-0.05, 0) is 58.3 Å². The van der Waals surface area contributed by atoms with Gasteiger partial charge in [0.15, 0.2) is 0 Å². The van der Waals surface area contributed by atoms with Crippen molar-refractivity contribution in [2.75, 3.05) is 0 Å². The number of thiophene rings is 1. The van der Waals surface area contributed by atoms with Gasteiger partial charge in [-0.1, -0.05) is 146 Å². The van der Waals surface area contributed by atoms with Crippen molar-refractivity contribution in [1.29, 1.82) is 0 Å². The van der Waals surface area contributed by atoms with E-state index in [2.05, 4.69) is 191 Å². The molecule has 0 radical (unpaired) electrons. The van der Waals surface area contributed by atoms with Crippen LogP contribution < -0.4 is 0 Å². The highest BCUT2D eigenvalue weighted by Gasteiger charge is 2.27. The summed E-state index contributed by atoms with van der Waals surface area (Å²) in [6.45, 7) is 0. The second kappa shape index (κ2) is 11.5. The predicted molar refractivity (Wildman–Crippen MR) is 250 cm³/mol. The van der Waals surface area contributed by atoms with Crippen molar-refractivity contribution in [3.8, 4) is 28.3 Å². The number of hydrogen-bond acceptors (Lipinski definition) is 3. The van der Waals surface area contributed by atoms with Crippen molar-refractivity contribution in [2.24, 2.45) is 0 Å². The Balaban J connectivity index is 1.22. The molecule has 5 heterocycles. The fourth-order valence-electron chi connectivity index (χ4n) is 10.1. The molecule has 0 fully saturated rings. The maximum Gasteiger partial charge on any atom is 0.235 e. The first-order chi connectivity index (χ1) is 29.3. The number of para-hydroxylation sites is 2. The summed E-state index contributed by atoms with van der Waals surface area (Å²) in [7, 11) is 0. The van der Waals surface area contributed by atoms with Crippen LogP contribution in [-0.4, -0.2) is 18.9 Å². The molecule has 272 valence electrons. The van der Waals surface area contributed by atoms with E-state index < -0.39 is 0 Å². The van der Waals surface area contributed by atoms with Crippen molar-refractivity contribution in [1.82, 2.24) is 18.9 Å². The first kappa shape index (κ1) is 31.5. The van der Waals surface area contributed by atoms with E-state index in [-0.39, 0.29) is 0 Å². The molecule has 5 heteroatoms. The Morgan fingerprint density at radius 2 is 1.07 bits per heavy atom. The van der Waals surface area contributed by atoms with E-state index in [1.54, 1.807) is 0 Å². The number of rotatable bonds is 3. The van der Waals surface area contributed by atoms with Crippen molar-refractivity contribution in [2.45, 2.75) is 0 Å². The zero-order valence-corrected chi connectivity index (χ0v) is 32.3. The second-order valence-electron chi connectivity index (χ2n) is 15.7. The Bertz CT molecular complexity index is 4080. The lowest BCUT2D eigenvalue weighted by atomic mass is 9.98. The lowest BCUT2D eigenvalue weighted by Gasteiger charge is -2.14. The molecule has 9 aromatic carbocycles. The van der Waals surface area contributed by atoms with Gasteiger partial charge in [0.2, 0.25) is 5.95 Å². The van der Waals surface area contributed by atoms with Crippen LogP contribution in [0.4, 0.5) is 0 Å². The molecule has 0 atom stereocenters. The summed E-state index contributed by atoms with van der Waals surface area (Å²) in [5.74, 6) is 0.665. The minimum Gasteiger partial charge on any atom is -0.308 e. The lowest BCUT2D eigenvalue weighted by molar-refractivity contribution is 1.02. The molecule has 0 aliphatic carbocycles. The highest BCUT2D eigenvalue weighted by atomic mass is 32.1. The summed E-state index contributed by atoms with van der Waals surface area (Å²) in [6, 6.07) is 66.2. The Labute approximate surface area is 340 Å². The van der Waals surface area contributed by atoms with Crippen molar-refractivity contribution in [3.05, 3.63) is 182 Å². The number of fused-ring (bicyclic) bond motifs is 12. The van der Waals surface area contributed by atoms with E-state index in [4.69, 9.17) is 9.97 Å².